The smallest absolute Gasteiger partial charge is 0.124 e. The highest BCUT2D eigenvalue weighted by Gasteiger charge is 2.16. The Morgan fingerprint density at radius 2 is 1.83 bits per heavy atom. The Morgan fingerprint density at radius 3 is 2.52 bits per heavy atom. The van der Waals surface area contributed by atoms with Crippen LogP contribution in [0, 0.1) is 0 Å². The van der Waals surface area contributed by atoms with E-state index in [0.29, 0.717) is 10.6 Å². The summed E-state index contributed by atoms with van der Waals surface area (Å²) in [5, 5.41) is 10.4. The third-order valence-corrected chi connectivity index (χ3v) is 4.41. The fraction of sp³-hybridized carbons (Fsp3) is 0.278. The molecule has 0 saturated carbocycles. The van der Waals surface area contributed by atoms with Gasteiger partial charge in [0.1, 0.15) is 5.75 Å². The van der Waals surface area contributed by atoms with E-state index in [1.54, 1.807) is 29.3 Å². The second kappa shape index (κ2) is 7.02. The number of rotatable bonds is 3. The Labute approximate surface area is 141 Å². The predicted molar refractivity (Wildman–Crippen MR) is 95.6 cm³/mol. The summed E-state index contributed by atoms with van der Waals surface area (Å²) >= 11 is 5.94. The van der Waals surface area contributed by atoms with Gasteiger partial charge in [-0.2, -0.15) is 0 Å². The van der Waals surface area contributed by atoms with Crippen molar-refractivity contribution in [2.75, 3.05) is 38.1 Å². The number of anilines is 1. The number of likely N-dealkylation sites (N-methyl/N-ethyl adjacent to an activating group) is 1. The average molecular weight is 331 g/mol. The third kappa shape index (κ3) is 4.03. The Hall–Kier alpha value is -2.04. The van der Waals surface area contributed by atoms with Crippen LogP contribution in [-0.2, 0) is 0 Å². The number of phenolic OH excluding ortho intramolecular Hbond substituents is 1. The minimum Gasteiger partial charge on any atom is -0.507 e. The normalized spacial score (nSPS) is 16.2. The van der Waals surface area contributed by atoms with Crippen molar-refractivity contribution in [2.45, 2.75) is 0 Å². The van der Waals surface area contributed by atoms with E-state index in [9.17, 15) is 5.11 Å². The largest absolute Gasteiger partial charge is 0.507 e. The molecule has 1 aliphatic rings. The van der Waals surface area contributed by atoms with Crippen molar-refractivity contribution in [1.29, 1.82) is 0 Å². The molecule has 1 fully saturated rings. The van der Waals surface area contributed by atoms with Gasteiger partial charge in [0.2, 0.25) is 0 Å². The van der Waals surface area contributed by atoms with Crippen molar-refractivity contribution in [3.05, 3.63) is 53.1 Å². The average Bonchev–Trinajstić information content (AvgIpc) is 2.57. The van der Waals surface area contributed by atoms with E-state index in [4.69, 9.17) is 11.6 Å². The van der Waals surface area contributed by atoms with Crippen LogP contribution in [0.2, 0.25) is 5.02 Å². The van der Waals surface area contributed by atoms with Crippen LogP contribution in [0.4, 0.5) is 11.4 Å². The van der Waals surface area contributed by atoms with Crippen LogP contribution in [0.3, 0.4) is 0 Å². The van der Waals surface area contributed by atoms with Crippen molar-refractivity contribution in [3.8, 4) is 5.75 Å². The molecule has 0 bridgehead atoms. The molecule has 0 aromatic heterocycles. The summed E-state index contributed by atoms with van der Waals surface area (Å²) in [6, 6.07) is 13.1. The van der Waals surface area contributed by atoms with Crippen LogP contribution in [0.25, 0.3) is 0 Å². The van der Waals surface area contributed by atoms with Gasteiger partial charge in [0, 0.05) is 22.5 Å². The van der Waals surface area contributed by atoms with Crippen molar-refractivity contribution in [1.82, 2.24) is 0 Å². The molecule has 2 N–H and O–H groups in total. The molecule has 1 heterocycles. The number of nitrogens with zero attached hydrogens (tertiary/aromatic N) is 2. The third-order valence-electron chi connectivity index (χ3n) is 4.17. The van der Waals surface area contributed by atoms with E-state index in [1.807, 2.05) is 12.1 Å². The second-order valence-corrected chi connectivity index (χ2v) is 6.36. The Balaban J connectivity index is 1.70. The first-order valence-corrected chi connectivity index (χ1v) is 8.18. The van der Waals surface area contributed by atoms with Gasteiger partial charge >= 0.3 is 0 Å². The van der Waals surface area contributed by atoms with Gasteiger partial charge in [0.25, 0.3) is 0 Å². The van der Waals surface area contributed by atoms with Crippen molar-refractivity contribution < 1.29 is 10.0 Å². The molecule has 0 amide bonds. The van der Waals surface area contributed by atoms with Gasteiger partial charge in [-0.3, -0.25) is 4.99 Å². The van der Waals surface area contributed by atoms with Gasteiger partial charge in [-0.25, -0.2) is 0 Å². The highest BCUT2D eigenvalue weighted by atomic mass is 35.5. The lowest BCUT2D eigenvalue weighted by Crippen LogP contribution is -3.12. The van der Waals surface area contributed by atoms with Gasteiger partial charge in [-0.15, -0.1) is 0 Å². The number of aliphatic imine (C=N–C) groups is 1. The van der Waals surface area contributed by atoms with Gasteiger partial charge in [-0.1, -0.05) is 11.6 Å². The summed E-state index contributed by atoms with van der Waals surface area (Å²) in [6.45, 7) is 4.53. The van der Waals surface area contributed by atoms with Crippen LogP contribution in [0.1, 0.15) is 5.56 Å². The van der Waals surface area contributed by atoms with Crippen LogP contribution < -0.4 is 9.80 Å². The summed E-state index contributed by atoms with van der Waals surface area (Å²) in [5.41, 5.74) is 2.71. The monoisotopic (exact) mass is 330 g/mol. The Morgan fingerprint density at radius 1 is 1.13 bits per heavy atom. The minimum absolute atomic E-state index is 0.176. The van der Waals surface area contributed by atoms with Crippen LogP contribution in [-0.4, -0.2) is 44.5 Å². The van der Waals surface area contributed by atoms with E-state index in [0.717, 1.165) is 18.8 Å². The number of hydrogen-bond acceptors (Lipinski definition) is 3. The molecule has 1 aliphatic heterocycles. The first kappa shape index (κ1) is 15.8. The molecule has 4 nitrogen and oxygen atoms in total. The number of nitrogens with one attached hydrogen (secondary N) is 1. The fourth-order valence-corrected chi connectivity index (χ4v) is 2.85. The zero-order chi connectivity index (χ0) is 16.2. The molecule has 5 heteroatoms. The molecule has 1 saturated heterocycles. The fourth-order valence-electron chi connectivity index (χ4n) is 2.67. The number of hydrogen-bond donors (Lipinski definition) is 2. The predicted octanol–water partition coefficient (Wildman–Crippen LogP) is 2.13. The van der Waals surface area contributed by atoms with E-state index in [2.05, 4.69) is 29.1 Å². The summed E-state index contributed by atoms with van der Waals surface area (Å²) in [5.74, 6) is 0.176. The molecule has 0 aliphatic carbocycles. The number of aromatic hydroxyl groups is 1. The number of benzene rings is 2. The molecule has 0 spiro atoms. The minimum atomic E-state index is 0.176. The Bertz CT molecular complexity index is 692. The van der Waals surface area contributed by atoms with Gasteiger partial charge < -0.3 is 14.9 Å². The zero-order valence-corrected chi connectivity index (χ0v) is 13.9. The summed E-state index contributed by atoms with van der Waals surface area (Å²) in [6.07, 6.45) is 1.63. The standard InChI is InChI=1S/C18H20ClN3O/c1-21-8-10-22(11-9-21)17-5-3-16(4-6-17)20-13-14-12-15(19)2-7-18(14)23/h2-7,12-13,23H,8-11H2,1H3/p+1. The molecule has 120 valence electrons. The maximum Gasteiger partial charge on any atom is 0.124 e. The molecular formula is C18H21ClN3O+. The molecule has 0 radical (unpaired) electrons. The van der Waals surface area contributed by atoms with Crippen molar-refractivity contribution >= 4 is 29.2 Å². The molecule has 2 aromatic carbocycles. The zero-order valence-electron chi connectivity index (χ0n) is 13.2. The highest BCUT2D eigenvalue weighted by molar-refractivity contribution is 6.30. The quantitative estimate of drug-likeness (QED) is 0.846. The summed E-state index contributed by atoms with van der Waals surface area (Å²) in [4.78, 5) is 8.40. The first-order chi connectivity index (χ1) is 11.1. The number of halogens is 1. The second-order valence-electron chi connectivity index (χ2n) is 5.92. The van der Waals surface area contributed by atoms with E-state index < -0.39 is 0 Å². The van der Waals surface area contributed by atoms with E-state index in [1.165, 1.54) is 18.8 Å². The topological polar surface area (TPSA) is 40.3 Å². The van der Waals surface area contributed by atoms with Gasteiger partial charge in [-0.05, 0) is 42.5 Å². The van der Waals surface area contributed by atoms with Crippen LogP contribution in [0.5, 0.6) is 5.75 Å². The maximum atomic E-state index is 9.79. The maximum absolute atomic E-state index is 9.79. The molecule has 23 heavy (non-hydrogen) atoms. The number of phenols is 1. The highest BCUT2D eigenvalue weighted by Crippen LogP contribution is 2.22. The lowest BCUT2D eigenvalue weighted by molar-refractivity contribution is -0.880. The molecule has 2 aromatic rings. The SMILES string of the molecule is C[NH+]1CCN(c2ccc(N=Cc3cc(Cl)ccc3O)cc2)CC1. The first-order valence-electron chi connectivity index (χ1n) is 7.81. The lowest BCUT2D eigenvalue weighted by Gasteiger charge is -2.31. The van der Waals surface area contributed by atoms with Crippen LogP contribution >= 0.6 is 11.6 Å². The van der Waals surface area contributed by atoms with Crippen molar-refractivity contribution in [3.63, 3.8) is 0 Å². The number of quaternary nitrogens is 1. The molecular weight excluding hydrogens is 310 g/mol. The lowest BCUT2D eigenvalue weighted by atomic mass is 10.2. The van der Waals surface area contributed by atoms with Crippen molar-refractivity contribution in [2.24, 2.45) is 4.99 Å². The Kier molecular flexibility index (Phi) is 4.84. The van der Waals surface area contributed by atoms with E-state index >= 15 is 0 Å². The summed E-state index contributed by atoms with van der Waals surface area (Å²) < 4.78 is 0. The van der Waals surface area contributed by atoms with Crippen LogP contribution in [0.15, 0.2) is 47.5 Å². The molecule has 3 rings (SSSR count). The van der Waals surface area contributed by atoms with Gasteiger partial charge in [0.05, 0.1) is 38.9 Å². The summed E-state index contributed by atoms with van der Waals surface area (Å²) in [7, 11) is 2.24. The van der Waals surface area contributed by atoms with E-state index in [-0.39, 0.29) is 5.75 Å². The molecule has 0 unspecified atom stereocenters. The molecule has 0 atom stereocenters. The number of piperazine rings is 1. The van der Waals surface area contributed by atoms with Gasteiger partial charge in [0.15, 0.2) is 0 Å².